The number of anilines is 1. The molecule has 2 aromatic rings. The van der Waals surface area contributed by atoms with Crippen LogP contribution in [0.1, 0.15) is 18.5 Å². The van der Waals surface area contributed by atoms with Crippen LogP contribution in [0.5, 0.6) is 0 Å². The van der Waals surface area contributed by atoms with Gasteiger partial charge < -0.3 is 5.32 Å². The van der Waals surface area contributed by atoms with Crippen molar-refractivity contribution in [1.82, 2.24) is 0 Å². The van der Waals surface area contributed by atoms with Gasteiger partial charge in [-0.15, -0.1) is 18.3 Å². The van der Waals surface area contributed by atoms with E-state index in [1.54, 1.807) is 11.8 Å². The molecule has 0 aliphatic heterocycles. The highest BCUT2D eigenvalue weighted by Gasteiger charge is 2.10. The van der Waals surface area contributed by atoms with Crippen LogP contribution in [0, 0.1) is 11.6 Å². The zero-order valence-electron chi connectivity index (χ0n) is 11.8. The summed E-state index contributed by atoms with van der Waals surface area (Å²) in [6.07, 6.45) is 1.84. The molecule has 1 atom stereocenters. The van der Waals surface area contributed by atoms with Crippen molar-refractivity contribution in [3.8, 4) is 0 Å². The highest BCUT2D eigenvalue weighted by atomic mass is 32.2. The van der Waals surface area contributed by atoms with E-state index in [9.17, 15) is 8.78 Å². The van der Waals surface area contributed by atoms with Crippen LogP contribution in [-0.2, 0) is 0 Å². The molecule has 2 rings (SSSR count). The molecule has 0 aromatic heterocycles. The van der Waals surface area contributed by atoms with Crippen LogP contribution < -0.4 is 5.32 Å². The van der Waals surface area contributed by atoms with Gasteiger partial charge in [-0.1, -0.05) is 18.2 Å². The zero-order valence-corrected chi connectivity index (χ0v) is 12.6. The third-order valence-electron chi connectivity index (χ3n) is 3.00. The van der Waals surface area contributed by atoms with Crippen molar-refractivity contribution in [3.63, 3.8) is 0 Å². The number of para-hydroxylation sites is 1. The van der Waals surface area contributed by atoms with Gasteiger partial charge in [-0.3, -0.25) is 0 Å². The third kappa shape index (κ3) is 4.33. The first-order valence-corrected chi connectivity index (χ1v) is 7.64. The van der Waals surface area contributed by atoms with Crippen molar-refractivity contribution < 1.29 is 8.78 Å². The third-order valence-corrected chi connectivity index (χ3v) is 4.07. The molecule has 0 aliphatic rings. The molecule has 2 aromatic carbocycles. The van der Waals surface area contributed by atoms with Crippen LogP contribution in [0.15, 0.2) is 60.0 Å². The number of halogens is 2. The van der Waals surface area contributed by atoms with Crippen LogP contribution >= 0.6 is 11.8 Å². The van der Waals surface area contributed by atoms with Gasteiger partial charge in [-0.2, -0.15) is 0 Å². The van der Waals surface area contributed by atoms with Crippen molar-refractivity contribution in [2.24, 2.45) is 0 Å². The van der Waals surface area contributed by atoms with Crippen molar-refractivity contribution in [2.75, 3.05) is 11.1 Å². The predicted molar refractivity (Wildman–Crippen MR) is 85.8 cm³/mol. The summed E-state index contributed by atoms with van der Waals surface area (Å²) in [6.45, 7) is 5.59. The van der Waals surface area contributed by atoms with Crippen molar-refractivity contribution in [3.05, 3.63) is 72.3 Å². The largest absolute Gasteiger partial charge is 0.378 e. The molecule has 1 unspecified atom stereocenters. The minimum Gasteiger partial charge on any atom is -0.378 e. The quantitative estimate of drug-likeness (QED) is 0.565. The van der Waals surface area contributed by atoms with E-state index in [1.165, 1.54) is 12.1 Å². The fourth-order valence-electron chi connectivity index (χ4n) is 2.00. The van der Waals surface area contributed by atoms with Crippen LogP contribution in [0.3, 0.4) is 0 Å². The molecule has 0 aliphatic carbocycles. The smallest absolute Gasteiger partial charge is 0.126 e. The first-order chi connectivity index (χ1) is 10.1. The first-order valence-electron chi connectivity index (χ1n) is 6.65. The van der Waals surface area contributed by atoms with E-state index in [-0.39, 0.29) is 6.04 Å². The van der Waals surface area contributed by atoms with Gasteiger partial charge in [0.25, 0.3) is 0 Å². The van der Waals surface area contributed by atoms with E-state index in [0.717, 1.165) is 22.4 Å². The Hall–Kier alpha value is -1.81. The number of hydrogen-bond acceptors (Lipinski definition) is 2. The summed E-state index contributed by atoms with van der Waals surface area (Å²) >= 11 is 1.66. The Morgan fingerprint density at radius 1 is 1.19 bits per heavy atom. The summed E-state index contributed by atoms with van der Waals surface area (Å²) in [4.78, 5) is 1.08. The lowest BCUT2D eigenvalue weighted by Crippen LogP contribution is -2.08. The fraction of sp³-hybridized carbons (Fsp3) is 0.176. The van der Waals surface area contributed by atoms with Crippen LogP contribution in [0.4, 0.5) is 14.5 Å². The molecule has 0 radical (unpaired) electrons. The monoisotopic (exact) mass is 305 g/mol. The van der Waals surface area contributed by atoms with E-state index in [1.807, 2.05) is 37.3 Å². The molecule has 110 valence electrons. The molecule has 0 bridgehead atoms. The van der Waals surface area contributed by atoms with Crippen molar-refractivity contribution in [1.29, 1.82) is 0 Å². The number of benzene rings is 2. The van der Waals surface area contributed by atoms with Gasteiger partial charge in [0.1, 0.15) is 11.6 Å². The molecule has 1 N–H and O–H groups in total. The lowest BCUT2D eigenvalue weighted by molar-refractivity contribution is 0.577. The first kappa shape index (κ1) is 15.6. The fourth-order valence-corrected chi connectivity index (χ4v) is 2.76. The average Bonchev–Trinajstić information content (AvgIpc) is 2.45. The molecule has 21 heavy (non-hydrogen) atoms. The van der Waals surface area contributed by atoms with Gasteiger partial charge in [0.2, 0.25) is 0 Å². The highest BCUT2D eigenvalue weighted by molar-refractivity contribution is 7.99. The molecule has 1 nitrogen and oxygen atoms in total. The van der Waals surface area contributed by atoms with Gasteiger partial charge in [0, 0.05) is 28.4 Å². The highest BCUT2D eigenvalue weighted by Crippen LogP contribution is 2.30. The molecular formula is C17H17F2NS. The van der Waals surface area contributed by atoms with E-state index in [2.05, 4.69) is 11.9 Å². The maximum atomic E-state index is 13.3. The van der Waals surface area contributed by atoms with Crippen LogP contribution in [0.2, 0.25) is 0 Å². The van der Waals surface area contributed by atoms with Crippen molar-refractivity contribution in [2.45, 2.75) is 17.9 Å². The number of hydrogen-bond donors (Lipinski definition) is 1. The molecule has 0 amide bonds. The van der Waals surface area contributed by atoms with E-state index in [0.29, 0.717) is 5.56 Å². The molecule has 0 spiro atoms. The van der Waals surface area contributed by atoms with Crippen LogP contribution in [-0.4, -0.2) is 5.75 Å². The standard InChI is InChI=1S/C17H17F2NS/c1-3-8-21-17-7-5-4-6-16(17)20-12(2)13-9-14(18)11-15(19)10-13/h3-7,9-12,20H,1,8H2,2H3. The Bertz CT molecular complexity index is 608. The second kappa shape index (κ2) is 7.27. The van der Waals surface area contributed by atoms with Gasteiger partial charge in [-0.25, -0.2) is 8.78 Å². The molecule has 0 fully saturated rings. The summed E-state index contributed by atoms with van der Waals surface area (Å²) in [5, 5.41) is 3.30. The number of thioether (sulfide) groups is 1. The van der Waals surface area contributed by atoms with Gasteiger partial charge in [-0.05, 0) is 36.8 Å². The molecular weight excluding hydrogens is 288 g/mol. The minimum absolute atomic E-state index is 0.194. The molecule has 4 heteroatoms. The molecule has 0 heterocycles. The Morgan fingerprint density at radius 2 is 1.86 bits per heavy atom. The number of rotatable bonds is 6. The van der Waals surface area contributed by atoms with E-state index in [4.69, 9.17) is 0 Å². The van der Waals surface area contributed by atoms with Gasteiger partial charge in [0.15, 0.2) is 0 Å². The maximum absolute atomic E-state index is 13.3. The maximum Gasteiger partial charge on any atom is 0.126 e. The minimum atomic E-state index is -0.562. The second-order valence-corrected chi connectivity index (χ2v) is 5.73. The van der Waals surface area contributed by atoms with Crippen LogP contribution in [0.25, 0.3) is 0 Å². The Labute approximate surface area is 128 Å². The molecule has 0 saturated heterocycles. The topological polar surface area (TPSA) is 12.0 Å². The Balaban J connectivity index is 2.18. The Kier molecular flexibility index (Phi) is 5.39. The SMILES string of the molecule is C=CCSc1ccccc1NC(C)c1cc(F)cc(F)c1. The zero-order chi connectivity index (χ0) is 15.2. The summed E-state index contributed by atoms with van der Waals surface area (Å²) in [7, 11) is 0. The Morgan fingerprint density at radius 3 is 2.52 bits per heavy atom. The van der Waals surface area contributed by atoms with Gasteiger partial charge >= 0.3 is 0 Å². The predicted octanol–water partition coefficient (Wildman–Crippen LogP) is 5.42. The summed E-state index contributed by atoms with van der Waals surface area (Å²) in [6, 6.07) is 11.2. The lowest BCUT2D eigenvalue weighted by atomic mass is 10.1. The lowest BCUT2D eigenvalue weighted by Gasteiger charge is -2.18. The summed E-state index contributed by atoms with van der Waals surface area (Å²) in [5.41, 5.74) is 1.53. The number of nitrogens with one attached hydrogen (secondary N) is 1. The van der Waals surface area contributed by atoms with E-state index >= 15 is 0 Å². The second-order valence-electron chi connectivity index (χ2n) is 4.66. The van der Waals surface area contributed by atoms with E-state index < -0.39 is 11.6 Å². The van der Waals surface area contributed by atoms with Crippen molar-refractivity contribution >= 4 is 17.4 Å². The van der Waals surface area contributed by atoms with Gasteiger partial charge in [0.05, 0.1) is 0 Å². The summed E-state index contributed by atoms with van der Waals surface area (Å²) < 4.78 is 26.6. The normalized spacial score (nSPS) is 12.0. The molecule has 0 saturated carbocycles. The average molecular weight is 305 g/mol. The summed E-state index contributed by atoms with van der Waals surface area (Å²) in [5.74, 6) is -0.317.